The molecule has 0 saturated carbocycles. The first-order chi connectivity index (χ1) is 16.2. The Bertz CT molecular complexity index is 1680. The first kappa shape index (κ1) is 18.1. The van der Waals surface area contributed by atoms with Crippen molar-refractivity contribution in [2.45, 2.75) is 38.4 Å². The van der Waals surface area contributed by atoms with E-state index in [4.69, 9.17) is 4.74 Å². The number of rotatable bonds is 1. The van der Waals surface area contributed by atoms with Crippen LogP contribution in [0.25, 0.3) is 43.6 Å². The predicted molar refractivity (Wildman–Crippen MR) is 129 cm³/mol. The minimum atomic E-state index is -0.101. The molecule has 5 aromatic rings. The number of hydrogen-bond donors (Lipinski definition) is 2. The van der Waals surface area contributed by atoms with Crippen LogP contribution in [0.3, 0.4) is 0 Å². The fraction of sp³-hybridized carbons (Fsp3) is 0.296. The van der Waals surface area contributed by atoms with Crippen molar-refractivity contribution in [1.82, 2.24) is 19.8 Å². The number of nitrogens with one attached hydrogen (secondary N) is 2. The molecule has 3 aliphatic heterocycles. The van der Waals surface area contributed by atoms with Crippen molar-refractivity contribution >= 4 is 49.5 Å². The second kappa shape index (κ2) is 5.95. The van der Waals surface area contributed by atoms with E-state index >= 15 is 0 Å². The molecule has 1 saturated heterocycles. The van der Waals surface area contributed by atoms with Crippen molar-refractivity contribution < 1.29 is 9.53 Å². The van der Waals surface area contributed by atoms with E-state index in [1.165, 1.54) is 21.8 Å². The third-order valence-electron chi connectivity index (χ3n) is 8.30. The zero-order chi connectivity index (χ0) is 22.0. The zero-order valence-corrected chi connectivity index (χ0v) is 18.6. The van der Waals surface area contributed by atoms with Crippen LogP contribution in [0.1, 0.15) is 41.7 Å². The third-order valence-corrected chi connectivity index (χ3v) is 8.30. The van der Waals surface area contributed by atoms with E-state index in [1.807, 2.05) is 0 Å². The van der Waals surface area contributed by atoms with Gasteiger partial charge in [0.15, 0.2) is 0 Å². The van der Waals surface area contributed by atoms with Gasteiger partial charge in [0.25, 0.3) is 5.91 Å². The largest absolute Gasteiger partial charge is 0.348 e. The van der Waals surface area contributed by atoms with Crippen molar-refractivity contribution in [3.63, 3.8) is 0 Å². The number of para-hydroxylation sites is 2. The topological polar surface area (TPSA) is 60.2 Å². The van der Waals surface area contributed by atoms with Crippen molar-refractivity contribution in [3.05, 3.63) is 59.7 Å². The first-order valence-corrected chi connectivity index (χ1v) is 11.8. The van der Waals surface area contributed by atoms with Gasteiger partial charge in [-0.1, -0.05) is 43.3 Å². The lowest BCUT2D eigenvalue weighted by Crippen LogP contribution is -2.44. The molecule has 1 fully saturated rings. The zero-order valence-electron chi connectivity index (χ0n) is 18.6. The predicted octanol–water partition coefficient (Wildman–Crippen LogP) is 4.80. The molecule has 164 valence electrons. The lowest BCUT2D eigenvalue weighted by Gasteiger charge is -2.40. The Morgan fingerprint density at radius 3 is 2.39 bits per heavy atom. The van der Waals surface area contributed by atoms with Crippen molar-refractivity contribution in [2.75, 3.05) is 7.05 Å². The van der Waals surface area contributed by atoms with E-state index in [1.54, 1.807) is 0 Å². The lowest BCUT2D eigenvalue weighted by atomic mass is 9.93. The SMILES string of the molecule is CNC1C[C@@H]2OC(C1C)n1c3ccccc3c3c4c(c5c6ccccc6n2c5c31)C(=O)NC4. The first-order valence-electron chi connectivity index (χ1n) is 11.8. The standard InChI is InChI=1S/C27H24N4O2/c1-13-17(28-2)11-20-30-18-9-5-4-8-15(18)22-23-16(12-29-26(23)32)21-14-7-3-6-10-19(14)31(27(13)33-20)24(21)25(22)30/h3-10,13,17,20,27-28H,11-12H2,1-2H3,(H,29,32)/t13?,17?,20-,27?/m0/s1. The van der Waals surface area contributed by atoms with E-state index in [-0.39, 0.29) is 18.4 Å². The summed E-state index contributed by atoms with van der Waals surface area (Å²) in [6.07, 6.45) is 0.694. The van der Waals surface area contributed by atoms with Gasteiger partial charge in [-0.05, 0) is 24.7 Å². The molecular weight excluding hydrogens is 412 g/mol. The number of nitrogens with zero attached hydrogens (tertiary/aromatic N) is 2. The minimum absolute atomic E-state index is 0.0289. The second-order valence-electron chi connectivity index (χ2n) is 9.73. The lowest BCUT2D eigenvalue weighted by molar-refractivity contribution is -0.153. The average molecular weight is 437 g/mol. The fourth-order valence-corrected chi connectivity index (χ4v) is 6.89. The minimum Gasteiger partial charge on any atom is -0.348 e. The third kappa shape index (κ3) is 1.97. The highest BCUT2D eigenvalue weighted by atomic mass is 16.5. The quantitative estimate of drug-likeness (QED) is 0.397. The Kier molecular flexibility index (Phi) is 3.27. The van der Waals surface area contributed by atoms with E-state index in [2.05, 4.69) is 82.3 Å². The molecule has 8 rings (SSSR count). The Labute approximate surface area is 190 Å². The number of benzene rings is 3. The molecule has 4 atom stereocenters. The summed E-state index contributed by atoms with van der Waals surface area (Å²) < 4.78 is 11.7. The second-order valence-corrected chi connectivity index (χ2v) is 9.73. The van der Waals surface area contributed by atoms with Crippen LogP contribution in [0.5, 0.6) is 0 Å². The maximum atomic E-state index is 13.2. The molecule has 6 nitrogen and oxygen atoms in total. The highest BCUT2D eigenvalue weighted by Crippen LogP contribution is 2.52. The highest BCUT2D eigenvalue weighted by molar-refractivity contribution is 6.30. The summed E-state index contributed by atoms with van der Waals surface area (Å²) in [6, 6.07) is 17.4. The van der Waals surface area contributed by atoms with Gasteiger partial charge in [-0.3, -0.25) is 4.79 Å². The van der Waals surface area contributed by atoms with Crippen molar-refractivity contribution in [3.8, 4) is 0 Å². The molecule has 3 aliphatic rings. The number of carbonyl (C=O) groups is 1. The molecule has 2 aromatic heterocycles. The maximum absolute atomic E-state index is 13.2. The van der Waals surface area contributed by atoms with Gasteiger partial charge >= 0.3 is 0 Å². The molecule has 3 aromatic carbocycles. The number of hydrogen-bond acceptors (Lipinski definition) is 3. The Balaban J connectivity index is 1.72. The molecule has 0 aliphatic carbocycles. The van der Waals surface area contributed by atoms with E-state index < -0.39 is 0 Å². The summed E-state index contributed by atoms with van der Waals surface area (Å²) in [5.41, 5.74) is 6.60. The molecule has 0 spiro atoms. The van der Waals surface area contributed by atoms with Crippen LogP contribution in [0.4, 0.5) is 0 Å². The molecule has 5 heterocycles. The average Bonchev–Trinajstić information content (AvgIpc) is 3.46. The number of ether oxygens (including phenoxy) is 1. The monoisotopic (exact) mass is 436 g/mol. The van der Waals surface area contributed by atoms with Crippen LogP contribution in [0, 0.1) is 5.92 Å². The normalized spacial score (nSPS) is 25.9. The van der Waals surface area contributed by atoms with Gasteiger partial charge in [0.05, 0.1) is 27.6 Å². The summed E-state index contributed by atoms with van der Waals surface area (Å²) >= 11 is 0. The van der Waals surface area contributed by atoms with E-state index in [0.717, 1.165) is 39.4 Å². The van der Waals surface area contributed by atoms with Crippen molar-refractivity contribution in [1.29, 1.82) is 0 Å². The van der Waals surface area contributed by atoms with Crippen LogP contribution in [-0.4, -0.2) is 28.1 Å². The van der Waals surface area contributed by atoms with Gasteiger partial charge in [-0.25, -0.2) is 0 Å². The molecular formula is C27H24N4O2. The van der Waals surface area contributed by atoms with Gasteiger partial charge in [0, 0.05) is 46.5 Å². The number of fused-ring (bicyclic) bond motifs is 13. The molecule has 3 unspecified atom stereocenters. The maximum Gasteiger partial charge on any atom is 0.252 e. The summed E-state index contributed by atoms with van der Waals surface area (Å²) in [7, 11) is 2.05. The van der Waals surface area contributed by atoms with Crippen LogP contribution in [-0.2, 0) is 11.3 Å². The molecule has 33 heavy (non-hydrogen) atoms. The summed E-state index contributed by atoms with van der Waals surface area (Å²) in [6.45, 7) is 2.86. The van der Waals surface area contributed by atoms with Crippen LogP contribution >= 0.6 is 0 Å². The van der Waals surface area contributed by atoms with Crippen LogP contribution in [0.2, 0.25) is 0 Å². The van der Waals surface area contributed by atoms with Gasteiger partial charge in [-0.15, -0.1) is 0 Å². The molecule has 2 bridgehead atoms. The Morgan fingerprint density at radius 2 is 1.64 bits per heavy atom. The molecule has 6 heteroatoms. The van der Waals surface area contributed by atoms with Crippen LogP contribution in [0.15, 0.2) is 48.5 Å². The van der Waals surface area contributed by atoms with Gasteiger partial charge in [0.1, 0.15) is 12.5 Å². The summed E-state index contributed by atoms with van der Waals surface area (Å²) in [4.78, 5) is 13.2. The molecule has 1 amide bonds. The molecule has 2 N–H and O–H groups in total. The van der Waals surface area contributed by atoms with E-state index in [0.29, 0.717) is 18.5 Å². The van der Waals surface area contributed by atoms with Crippen molar-refractivity contribution in [2.24, 2.45) is 5.92 Å². The summed E-state index contributed by atoms with van der Waals surface area (Å²) in [5, 5.41) is 11.3. The highest BCUT2D eigenvalue weighted by Gasteiger charge is 2.43. The van der Waals surface area contributed by atoms with Gasteiger partial charge in [-0.2, -0.15) is 0 Å². The Morgan fingerprint density at radius 1 is 0.970 bits per heavy atom. The molecule has 0 radical (unpaired) electrons. The van der Waals surface area contributed by atoms with E-state index in [9.17, 15) is 4.79 Å². The summed E-state index contributed by atoms with van der Waals surface area (Å²) in [5.74, 6) is 0.324. The van der Waals surface area contributed by atoms with Crippen LogP contribution < -0.4 is 10.6 Å². The number of amides is 1. The Hall–Kier alpha value is -3.35. The van der Waals surface area contributed by atoms with Gasteiger partial charge in [0.2, 0.25) is 0 Å². The number of aromatic nitrogens is 2. The number of carbonyl (C=O) groups excluding carboxylic acids is 1. The smallest absolute Gasteiger partial charge is 0.252 e. The fourth-order valence-electron chi connectivity index (χ4n) is 6.89. The van der Waals surface area contributed by atoms with Gasteiger partial charge < -0.3 is 24.5 Å².